The van der Waals surface area contributed by atoms with Crippen LogP contribution in [0.5, 0.6) is 0 Å². The van der Waals surface area contributed by atoms with E-state index in [2.05, 4.69) is 5.32 Å². The number of piperidine rings is 1. The zero-order valence-electron chi connectivity index (χ0n) is 12.7. The van der Waals surface area contributed by atoms with Gasteiger partial charge >= 0.3 is 5.97 Å². The smallest absolute Gasteiger partial charge is 0.324 e. The van der Waals surface area contributed by atoms with Crippen molar-refractivity contribution in [1.29, 1.82) is 0 Å². The monoisotopic (exact) mass is 319 g/mol. The Bertz CT molecular complexity index is 468. The van der Waals surface area contributed by atoms with Crippen LogP contribution in [0.15, 0.2) is 0 Å². The normalized spacial score (nSPS) is 28.7. The van der Waals surface area contributed by atoms with Gasteiger partial charge in [0.2, 0.25) is 0 Å². The van der Waals surface area contributed by atoms with E-state index in [0.29, 0.717) is 32.5 Å². The van der Waals surface area contributed by atoms with Crippen LogP contribution in [0.1, 0.15) is 32.6 Å². The largest absolute Gasteiger partial charge is 0.465 e. The molecule has 7 nitrogen and oxygen atoms in total. The van der Waals surface area contributed by atoms with Crippen molar-refractivity contribution >= 4 is 16.2 Å². The van der Waals surface area contributed by atoms with Crippen molar-refractivity contribution in [3.8, 4) is 0 Å². The number of rotatable bonds is 5. The predicted molar refractivity (Wildman–Crippen MR) is 78.9 cm³/mol. The van der Waals surface area contributed by atoms with Gasteiger partial charge in [0.05, 0.1) is 6.61 Å². The predicted octanol–water partition coefficient (Wildman–Crippen LogP) is -0.0575. The van der Waals surface area contributed by atoms with Crippen LogP contribution < -0.4 is 5.32 Å². The second-order valence-electron chi connectivity index (χ2n) is 5.51. The Balaban J connectivity index is 2.12. The molecule has 0 radical (unpaired) electrons. The van der Waals surface area contributed by atoms with Crippen molar-refractivity contribution in [3.05, 3.63) is 0 Å². The summed E-state index contributed by atoms with van der Waals surface area (Å²) in [6.45, 7) is 3.38. The minimum Gasteiger partial charge on any atom is -0.465 e. The molecule has 0 amide bonds. The van der Waals surface area contributed by atoms with E-state index in [0.717, 1.165) is 12.8 Å². The maximum Gasteiger partial charge on any atom is 0.324 e. The number of ether oxygens (including phenoxy) is 1. The van der Waals surface area contributed by atoms with E-state index in [1.807, 2.05) is 7.05 Å². The van der Waals surface area contributed by atoms with Gasteiger partial charge in [-0.25, -0.2) is 0 Å². The number of nitrogens with zero attached hydrogens (tertiary/aromatic N) is 2. The van der Waals surface area contributed by atoms with Gasteiger partial charge in [-0.3, -0.25) is 4.79 Å². The molecule has 122 valence electrons. The standard InChI is InChI=1S/C13H25N3O4S/c1-3-20-13(17)12-7-5-9-16(12)21(18,19)15-8-4-6-11(10-15)14-2/h11-12,14H,3-10H2,1-2H3. The summed E-state index contributed by atoms with van der Waals surface area (Å²) >= 11 is 0. The molecule has 0 aromatic heterocycles. The Kier molecular flexibility index (Phi) is 5.59. The van der Waals surface area contributed by atoms with Gasteiger partial charge in [-0.1, -0.05) is 0 Å². The minimum atomic E-state index is -3.59. The molecule has 0 bridgehead atoms. The van der Waals surface area contributed by atoms with Crippen LogP contribution in [0.3, 0.4) is 0 Å². The molecule has 2 aliphatic rings. The highest BCUT2D eigenvalue weighted by Gasteiger charge is 2.43. The molecular weight excluding hydrogens is 294 g/mol. The lowest BCUT2D eigenvalue weighted by Crippen LogP contribution is -2.54. The zero-order valence-corrected chi connectivity index (χ0v) is 13.6. The summed E-state index contributed by atoms with van der Waals surface area (Å²) in [5, 5.41) is 3.13. The van der Waals surface area contributed by atoms with E-state index < -0.39 is 22.2 Å². The molecule has 0 spiro atoms. The molecule has 2 atom stereocenters. The number of esters is 1. The first-order valence-corrected chi connectivity index (χ1v) is 9.01. The molecule has 2 saturated heterocycles. The second kappa shape index (κ2) is 7.04. The van der Waals surface area contributed by atoms with E-state index in [-0.39, 0.29) is 12.6 Å². The van der Waals surface area contributed by atoms with Crippen LogP contribution in [0.25, 0.3) is 0 Å². The van der Waals surface area contributed by atoms with Crippen LogP contribution in [-0.4, -0.2) is 68.4 Å². The quantitative estimate of drug-likeness (QED) is 0.718. The summed E-state index contributed by atoms with van der Waals surface area (Å²) in [4.78, 5) is 11.9. The maximum absolute atomic E-state index is 12.8. The lowest BCUT2D eigenvalue weighted by atomic mass is 10.1. The molecule has 0 aromatic carbocycles. The van der Waals surface area contributed by atoms with E-state index in [1.54, 1.807) is 6.92 Å². The summed E-state index contributed by atoms with van der Waals surface area (Å²) in [6, 6.07) is -0.484. The van der Waals surface area contributed by atoms with Gasteiger partial charge in [-0.05, 0) is 39.7 Å². The van der Waals surface area contributed by atoms with Crippen LogP contribution in [0, 0.1) is 0 Å². The van der Waals surface area contributed by atoms with E-state index in [1.165, 1.54) is 8.61 Å². The summed E-state index contributed by atoms with van der Waals surface area (Å²) in [5.41, 5.74) is 0. The molecule has 1 N–H and O–H groups in total. The van der Waals surface area contributed by atoms with Crippen molar-refractivity contribution in [2.75, 3.05) is 33.3 Å². The zero-order chi connectivity index (χ0) is 15.5. The summed E-state index contributed by atoms with van der Waals surface area (Å²) in [7, 11) is -1.75. The molecule has 21 heavy (non-hydrogen) atoms. The lowest BCUT2D eigenvalue weighted by molar-refractivity contribution is -0.146. The van der Waals surface area contributed by atoms with Gasteiger partial charge in [0.25, 0.3) is 10.2 Å². The van der Waals surface area contributed by atoms with E-state index in [9.17, 15) is 13.2 Å². The van der Waals surface area contributed by atoms with Gasteiger partial charge in [0.15, 0.2) is 0 Å². The highest BCUT2D eigenvalue weighted by molar-refractivity contribution is 7.86. The summed E-state index contributed by atoms with van der Waals surface area (Å²) in [5.74, 6) is -0.430. The number of carbonyl (C=O) groups is 1. The van der Waals surface area contributed by atoms with Gasteiger partial charge < -0.3 is 10.1 Å². The van der Waals surface area contributed by atoms with Crippen LogP contribution in [0.4, 0.5) is 0 Å². The van der Waals surface area contributed by atoms with Gasteiger partial charge in [0, 0.05) is 25.7 Å². The average molecular weight is 319 g/mol. The number of hydrogen-bond donors (Lipinski definition) is 1. The highest BCUT2D eigenvalue weighted by Crippen LogP contribution is 2.26. The molecule has 2 aliphatic heterocycles. The van der Waals surface area contributed by atoms with Crippen molar-refractivity contribution in [2.45, 2.75) is 44.7 Å². The number of hydrogen-bond acceptors (Lipinski definition) is 5. The fourth-order valence-electron chi connectivity index (χ4n) is 3.03. The third-order valence-corrected chi connectivity index (χ3v) is 6.19. The van der Waals surface area contributed by atoms with Crippen LogP contribution in [0.2, 0.25) is 0 Å². The highest BCUT2D eigenvalue weighted by atomic mass is 32.2. The minimum absolute atomic E-state index is 0.178. The third kappa shape index (κ3) is 3.56. The Morgan fingerprint density at radius 3 is 2.67 bits per heavy atom. The fourth-order valence-corrected chi connectivity index (χ4v) is 4.92. The summed E-state index contributed by atoms with van der Waals surface area (Å²) < 4.78 is 33.4. The Hall–Kier alpha value is -0.700. The van der Waals surface area contributed by atoms with Gasteiger partial charge in [-0.2, -0.15) is 17.0 Å². The van der Waals surface area contributed by atoms with Gasteiger partial charge in [-0.15, -0.1) is 0 Å². The van der Waals surface area contributed by atoms with Crippen molar-refractivity contribution in [1.82, 2.24) is 13.9 Å². The third-order valence-electron chi connectivity index (χ3n) is 4.18. The van der Waals surface area contributed by atoms with Crippen LogP contribution in [-0.2, 0) is 19.7 Å². The first-order chi connectivity index (χ1) is 10.0. The Labute approximate surface area is 126 Å². The molecule has 2 fully saturated rings. The van der Waals surface area contributed by atoms with E-state index in [4.69, 9.17) is 4.74 Å². The molecular formula is C13H25N3O4S. The first-order valence-electron chi connectivity index (χ1n) is 7.61. The summed E-state index contributed by atoms with van der Waals surface area (Å²) in [6.07, 6.45) is 3.06. The fraction of sp³-hybridized carbons (Fsp3) is 0.923. The van der Waals surface area contributed by atoms with Gasteiger partial charge in [0.1, 0.15) is 6.04 Å². The molecule has 2 heterocycles. The maximum atomic E-state index is 12.8. The molecule has 0 aromatic rings. The molecule has 2 rings (SSSR count). The van der Waals surface area contributed by atoms with Crippen molar-refractivity contribution < 1.29 is 17.9 Å². The number of likely N-dealkylation sites (N-methyl/N-ethyl adjacent to an activating group) is 1. The molecule has 2 unspecified atom stereocenters. The van der Waals surface area contributed by atoms with E-state index >= 15 is 0 Å². The van der Waals surface area contributed by atoms with Crippen molar-refractivity contribution in [3.63, 3.8) is 0 Å². The van der Waals surface area contributed by atoms with Crippen LogP contribution >= 0.6 is 0 Å². The Morgan fingerprint density at radius 2 is 2.00 bits per heavy atom. The Morgan fingerprint density at radius 1 is 1.29 bits per heavy atom. The first kappa shape index (κ1) is 16.7. The van der Waals surface area contributed by atoms with Crippen molar-refractivity contribution in [2.24, 2.45) is 0 Å². The SMILES string of the molecule is CCOC(=O)C1CCCN1S(=O)(=O)N1CCCC(NC)C1. The average Bonchev–Trinajstić information content (AvgIpc) is 2.98. The molecule has 8 heteroatoms. The number of carbonyl (C=O) groups excluding carboxylic acids is 1. The second-order valence-corrected chi connectivity index (χ2v) is 7.40. The number of nitrogens with one attached hydrogen (secondary N) is 1. The topological polar surface area (TPSA) is 79.0 Å². The molecule has 0 saturated carbocycles. The lowest BCUT2D eigenvalue weighted by Gasteiger charge is -2.35. The molecule has 0 aliphatic carbocycles.